The first-order valence-electron chi connectivity index (χ1n) is 6.20. The van der Waals surface area contributed by atoms with Crippen LogP contribution in [0.1, 0.15) is 10.4 Å². The minimum absolute atomic E-state index is 0.0522. The lowest BCUT2D eigenvalue weighted by molar-refractivity contribution is -0.120. The number of thiophene rings is 2. The Hall–Kier alpha value is -1.85. The number of carbonyl (C=O) groups is 1. The highest BCUT2D eigenvalue weighted by Crippen LogP contribution is 2.25. The highest BCUT2D eigenvalue weighted by Gasteiger charge is 2.07. The summed E-state index contributed by atoms with van der Waals surface area (Å²) in [6.07, 6.45) is 2.11. The summed E-state index contributed by atoms with van der Waals surface area (Å²) in [5, 5.41) is 8.97. The van der Waals surface area contributed by atoms with E-state index in [0.717, 1.165) is 21.8 Å². The van der Waals surface area contributed by atoms with Crippen molar-refractivity contribution < 1.29 is 9.21 Å². The number of carbonyl (C=O) groups excluding carboxylic acids is 1. The minimum Gasteiger partial charge on any atom is -0.464 e. The van der Waals surface area contributed by atoms with Gasteiger partial charge in [0.1, 0.15) is 5.76 Å². The van der Waals surface area contributed by atoms with Gasteiger partial charge in [0.05, 0.1) is 19.2 Å². The molecule has 0 aromatic carbocycles. The topological polar surface area (TPSA) is 42.2 Å². The van der Waals surface area contributed by atoms with Gasteiger partial charge in [0.25, 0.3) is 0 Å². The average molecular weight is 303 g/mol. The molecule has 1 amide bonds. The summed E-state index contributed by atoms with van der Waals surface area (Å²) in [5.74, 6) is 0.911. The Morgan fingerprint density at radius 3 is 3.00 bits per heavy atom. The van der Waals surface area contributed by atoms with Gasteiger partial charge < -0.3 is 9.73 Å². The van der Waals surface area contributed by atoms with Crippen molar-refractivity contribution in [3.05, 3.63) is 57.1 Å². The van der Waals surface area contributed by atoms with Crippen LogP contribution in [0.2, 0.25) is 0 Å². The van der Waals surface area contributed by atoms with Gasteiger partial charge in [-0.15, -0.1) is 11.3 Å². The van der Waals surface area contributed by atoms with E-state index in [1.807, 2.05) is 40.4 Å². The molecular formula is C15H13NO2S2. The lowest BCUT2D eigenvalue weighted by Gasteiger charge is -2.02. The van der Waals surface area contributed by atoms with E-state index in [2.05, 4.69) is 5.32 Å². The van der Waals surface area contributed by atoms with Crippen LogP contribution >= 0.6 is 22.7 Å². The van der Waals surface area contributed by atoms with Crippen molar-refractivity contribution >= 4 is 28.6 Å². The third-order valence-electron chi connectivity index (χ3n) is 2.86. The van der Waals surface area contributed by atoms with Crippen LogP contribution in [-0.2, 0) is 17.8 Å². The average Bonchev–Trinajstić information content (AvgIpc) is 3.18. The molecule has 20 heavy (non-hydrogen) atoms. The van der Waals surface area contributed by atoms with E-state index in [-0.39, 0.29) is 5.91 Å². The van der Waals surface area contributed by atoms with Crippen molar-refractivity contribution in [1.82, 2.24) is 5.32 Å². The predicted molar refractivity (Wildman–Crippen MR) is 81.9 cm³/mol. The maximum Gasteiger partial charge on any atom is 0.224 e. The molecule has 3 aromatic heterocycles. The fraction of sp³-hybridized carbons (Fsp3) is 0.133. The maximum absolute atomic E-state index is 11.8. The molecular weight excluding hydrogens is 290 g/mol. The first-order valence-corrected chi connectivity index (χ1v) is 8.02. The molecule has 0 saturated heterocycles. The molecule has 0 fully saturated rings. The lowest BCUT2D eigenvalue weighted by Crippen LogP contribution is -2.23. The molecule has 3 rings (SSSR count). The van der Waals surface area contributed by atoms with Crippen molar-refractivity contribution in [3.63, 3.8) is 0 Å². The zero-order valence-electron chi connectivity index (χ0n) is 10.7. The fourth-order valence-corrected chi connectivity index (χ4v) is 3.35. The third kappa shape index (κ3) is 3.18. The summed E-state index contributed by atoms with van der Waals surface area (Å²) in [6, 6.07) is 7.83. The first-order chi connectivity index (χ1) is 9.81. The molecule has 0 bridgehead atoms. The van der Waals surface area contributed by atoms with Crippen LogP contribution in [-0.4, -0.2) is 5.91 Å². The van der Waals surface area contributed by atoms with Crippen LogP contribution in [0.3, 0.4) is 0 Å². The monoisotopic (exact) mass is 303 g/mol. The van der Waals surface area contributed by atoms with E-state index in [1.165, 1.54) is 0 Å². The molecule has 3 heterocycles. The smallest absolute Gasteiger partial charge is 0.224 e. The maximum atomic E-state index is 11.8. The number of hydrogen-bond acceptors (Lipinski definition) is 4. The summed E-state index contributed by atoms with van der Waals surface area (Å²) >= 11 is 3.23. The summed E-state index contributed by atoms with van der Waals surface area (Å²) in [4.78, 5) is 12.9. The molecule has 1 N–H and O–H groups in total. The van der Waals surface area contributed by atoms with Gasteiger partial charge in [0.2, 0.25) is 5.91 Å². The van der Waals surface area contributed by atoms with Crippen molar-refractivity contribution in [2.24, 2.45) is 0 Å². The number of hydrogen-bond donors (Lipinski definition) is 1. The van der Waals surface area contributed by atoms with E-state index in [1.54, 1.807) is 28.9 Å². The van der Waals surface area contributed by atoms with Crippen LogP contribution in [0.15, 0.2) is 51.1 Å². The van der Waals surface area contributed by atoms with E-state index in [4.69, 9.17) is 4.42 Å². The standard InChI is InChI=1S/C15H13NO2S2/c17-15(6-11-3-5-19-9-11)16-8-13-7-12(10-20-13)14-2-1-4-18-14/h1-5,7,9-10H,6,8H2,(H,16,17). The zero-order valence-corrected chi connectivity index (χ0v) is 12.3. The van der Waals surface area contributed by atoms with E-state index < -0.39 is 0 Å². The minimum atomic E-state index is 0.0522. The van der Waals surface area contributed by atoms with Crippen molar-refractivity contribution in [2.75, 3.05) is 0 Å². The Labute approximate surface area is 124 Å². The second kappa shape index (κ2) is 6.07. The Balaban J connectivity index is 1.55. The number of nitrogens with one attached hydrogen (secondary N) is 1. The molecule has 0 aliphatic heterocycles. The van der Waals surface area contributed by atoms with Crippen molar-refractivity contribution in [2.45, 2.75) is 13.0 Å². The summed E-state index contributed by atoms with van der Waals surface area (Å²) in [7, 11) is 0. The van der Waals surface area contributed by atoms with Gasteiger partial charge in [0.15, 0.2) is 0 Å². The predicted octanol–water partition coefficient (Wildman–Crippen LogP) is 3.93. The van der Waals surface area contributed by atoms with E-state index >= 15 is 0 Å². The molecule has 0 saturated carbocycles. The molecule has 0 atom stereocenters. The van der Waals surface area contributed by atoms with Gasteiger partial charge in [0, 0.05) is 15.8 Å². The molecule has 0 unspecified atom stereocenters. The Morgan fingerprint density at radius 2 is 2.25 bits per heavy atom. The first kappa shape index (κ1) is 13.1. The number of furan rings is 1. The zero-order chi connectivity index (χ0) is 13.8. The molecule has 5 heteroatoms. The molecule has 102 valence electrons. The molecule has 0 aliphatic rings. The van der Waals surface area contributed by atoms with Crippen LogP contribution in [0.25, 0.3) is 11.3 Å². The number of rotatable bonds is 5. The Morgan fingerprint density at radius 1 is 1.30 bits per heavy atom. The molecule has 0 aliphatic carbocycles. The molecule has 0 spiro atoms. The Kier molecular flexibility index (Phi) is 3.99. The lowest BCUT2D eigenvalue weighted by atomic mass is 10.2. The highest BCUT2D eigenvalue weighted by molar-refractivity contribution is 7.10. The summed E-state index contributed by atoms with van der Waals surface area (Å²) in [5.41, 5.74) is 2.12. The van der Waals surface area contributed by atoms with Crippen LogP contribution in [0, 0.1) is 0 Å². The van der Waals surface area contributed by atoms with Gasteiger partial charge in [-0.05, 0) is 40.6 Å². The van der Waals surface area contributed by atoms with Gasteiger partial charge in [-0.3, -0.25) is 4.79 Å². The number of amides is 1. The molecule has 3 aromatic rings. The second-order valence-electron chi connectivity index (χ2n) is 4.36. The van der Waals surface area contributed by atoms with E-state index in [0.29, 0.717) is 13.0 Å². The summed E-state index contributed by atoms with van der Waals surface area (Å²) < 4.78 is 5.35. The van der Waals surface area contributed by atoms with Crippen LogP contribution in [0.5, 0.6) is 0 Å². The largest absolute Gasteiger partial charge is 0.464 e. The summed E-state index contributed by atoms with van der Waals surface area (Å²) in [6.45, 7) is 0.564. The SMILES string of the molecule is O=C(Cc1ccsc1)NCc1cc(-c2ccco2)cs1. The normalized spacial score (nSPS) is 10.6. The van der Waals surface area contributed by atoms with E-state index in [9.17, 15) is 4.79 Å². The van der Waals surface area contributed by atoms with Gasteiger partial charge in [-0.1, -0.05) is 0 Å². The van der Waals surface area contributed by atoms with Crippen molar-refractivity contribution in [1.29, 1.82) is 0 Å². The van der Waals surface area contributed by atoms with Crippen LogP contribution < -0.4 is 5.32 Å². The fourth-order valence-electron chi connectivity index (χ4n) is 1.87. The van der Waals surface area contributed by atoms with Crippen LogP contribution in [0.4, 0.5) is 0 Å². The quantitative estimate of drug-likeness (QED) is 0.776. The second-order valence-corrected chi connectivity index (χ2v) is 6.14. The highest BCUT2D eigenvalue weighted by atomic mass is 32.1. The molecule has 0 radical (unpaired) electrons. The van der Waals surface area contributed by atoms with Gasteiger partial charge in [-0.25, -0.2) is 0 Å². The van der Waals surface area contributed by atoms with Crippen molar-refractivity contribution in [3.8, 4) is 11.3 Å². The Bertz CT molecular complexity index is 669. The third-order valence-corrected chi connectivity index (χ3v) is 4.53. The van der Waals surface area contributed by atoms with Gasteiger partial charge in [-0.2, -0.15) is 11.3 Å². The van der Waals surface area contributed by atoms with Gasteiger partial charge >= 0.3 is 0 Å². The molecule has 3 nitrogen and oxygen atoms in total.